The van der Waals surface area contributed by atoms with Gasteiger partial charge in [0, 0.05) is 12.3 Å². The molecule has 1 aliphatic rings. The number of benzene rings is 1. The standard InChI is InChI=1S/C14H17N5O2S/c20-13(15-11-5-2-1-3-6-11)10-22-14-16-17-18-19(14)9-12-7-4-8-21-12/h1-3,5-6,12H,4,7-10H2,(H,15,20). The van der Waals surface area contributed by atoms with Gasteiger partial charge in [0.1, 0.15) is 0 Å². The van der Waals surface area contributed by atoms with Crippen LogP contribution in [-0.2, 0) is 16.1 Å². The summed E-state index contributed by atoms with van der Waals surface area (Å²) in [4.78, 5) is 11.9. The highest BCUT2D eigenvalue weighted by Gasteiger charge is 2.19. The summed E-state index contributed by atoms with van der Waals surface area (Å²) in [5.41, 5.74) is 0.784. The van der Waals surface area contributed by atoms with E-state index in [1.807, 2.05) is 30.3 Å². The number of amides is 1. The molecule has 1 atom stereocenters. The van der Waals surface area contributed by atoms with Crippen molar-refractivity contribution in [3.05, 3.63) is 30.3 Å². The van der Waals surface area contributed by atoms with Gasteiger partial charge in [0.2, 0.25) is 11.1 Å². The van der Waals surface area contributed by atoms with Gasteiger partial charge in [-0.15, -0.1) is 5.10 Å². The lowest BCUT2D eigenvalue weighted by Gasteiger charge is -2.10. The summed E-state index contributed by atoms with van der Waals surface area (Å²) in [5.74, 6) is 0.184. The highest BCUT2D eigenvalue weighted by molar-refractivity contribution is 7.99. The molecule has 2 heterocycles. The Labute approximate surface area is 132 Å². The van der Waals surface area contributed by atoms with E-state index in [2.05, 4.69) is 20.8 Å². The Morgan fingerprint density at radius 1 is 1.41 bits per heavy atom. The molecular weight excluding hydrogens is 302 g/mol. The van der Waals surface area contributed by atoms with Crippen molar-refractivity contribution < 1.29 is 9.53 Å². The van der Waals surface area contributed by atoms with Crippen LogP contribution in [0, 0.1) is 0 Å². The maximum absolute atomic E-state index is 11.9. The third-order valence-electron chi connectivity index (χ3n) is 3.29. The maximum Gasteiger partial charge on any atom is 0.234 e. The molecule has 22 heavy (non-hydrogen) atoms. The van der Waals surface area contributed by atoms with Crippen molar-refractivity contribution >= 4 is 23.4 Å². The number of nitrogens with one attached hydrogen (secondary N) is 1. The van der Waals surface area contributed by atoms with Crippen LogP contribution in [0.2, 0.25) is 0 Å². The third kappa shape index (κ3) is 4.05. The zero-order chi connectivity index (χ0) is 15.2. The summed E-state index contributed by atoms with van der Waals surface area (Å²) >= 11 is 1.32. The van der Waals surface area contributed by atoms with Crippen LogP contribution in [0.4, 0.5) is 5.69 Å². The van der Waals surface area contributed by atoms with Gasteiger partial charge in [0.15, 0.2) is 0 Å². The molecule has 0 spiro atoms. The Kier molecular flexibility index (Phi) is 5.02. The molecule has 0 saturated carbocycles. The number of para-hydroxylation sites is 1. The highest BCUT2D eigenvalue weighted by Crippen LogP contribution is 2.18. The fraction of sp³-hybridized carbons (Fsp3) is 0.429. The minimum absolute atomic E-state index is 0.0807. The maximum atomic E-state index is 11.9. The van der Waals surface area contributed by atoms with E-state index in [-0.39, 0.29) is 17.8 Å². The fourth-order valence-electron chi connectivity index (χ4n) is 2.24. The number of carbonyl (C=O) groups excluding carboxylic acids is 1. The minimum atomic E-state index is -0.0807. The lowest BCUT2D eigenvalue weighted by Crippen LogP contribution is -2.18. The molecule has 0 radical (unpaired) electrons. The van der Waals surface area contributed by atoms with Gasteiger partial charge >= 0.3 is 0 Å². The molecule has 0 bridgehead atoms. The number of ether oxygens (including phenoxy) is 1. The predicted octanol–water partition coefficient (Wildman–Crippen LogP) is 1.58. The fourth-order valence-corrected chi connectivity index (χ4v) is 2.93. The minimum Gasteiger partial charge on any atom is -0.376 e. The average Bonchev–Trinajstić information content (AvgIpc) is 3.19. The summed E-state index contributed by atoms with van der Waals surface area (Å²) in [6, 6.07) is 9.37. The van der Waals surface area contributed by atoms with Crippen LogP contribution in [0.15, 0.2) is 35.5 Å². The molecule has 1 fully saturated rings. The number of tetrazole rings is 1. The van der Waals surface area contributed by atoms with Crippen LogP contribution in [0.5, 0.6) is 0 Å². The first-order chi connectivity index (χ1) is 10.8. The summed E-state index contributed by atoms with van der Waals surface area (Å²) in [6.07, 6.45) is 2.27. The van der Waals surface area contributed by atoms with Gasteiger partial charge in [-0.3, -0.25) is 4.79 Å². The highest BCUT2D eigenvalue weighted by atomic mass is 32.2. The molecule has 1 aromatic heterocycles. The molecule has 116 valence electrons. The van der Waals surface area contributed by atoms with Crippen LogP contribution in [0.25, 0.3) is 0 Å². The summed E-state index contributed by atoms with van der Waals surface area (Å²) in [5, 5.41) is 15.1. The van der Waals surface area contributed by atoms with Gasteiger partial charge in [-0.1, -0.05) is 30.0 Å². The lowest BCUT2D eigenvalue weighted by molar-refractivity contribution is -0.113. The van der Waals surface area contributed by atoms with Gasteiger partial charge in [0.25, 0.3) is 0 Å². The molecule has 0 aliphatic carbocycles. The topological polar surface area (TPSA) is 81.9 Å². The van der Waals surface area contributed by atoms with Gasteiger partial charge in [0.05, 0.1) is 18.4 Å². The first-order valence-corrected chi connectivity index (χ1v) is 8.15. The van der Waals surface area contributed by atoms with Crippen LogP contribution in [0.1, 0.15) is 12.8 Å². The molecule has 1 amide bonds. The Bertz CT molecular complexity index is 613. The van der Waals surface area contributed by atoms with Crippen molar-refractivity contribution in [2.75, 3.05) is 17.7 Å². The molecule has 1 saturated heterocycles. The summed E-state index contributed by atoms with van der Waals surface area (Å²) in [6.45, 7) is 1.43. The van der Waals surface area contributed by atoms with Crippen LogP contribution < -0.4 is 5.32 Å². The van der Waals surface area contributed by atoms with E-state index < -0.39 is 0 Å². The molecule has 2 aromatic rings. The number of thioether (sulfide) groups is 1. The second-order valence-corrected chi connectivity index (χ2v) is 5.92. The van der Waals surface area contributed by atoms with E-state index in [1.165, 1.54) is 11.8 Å². The van der Waals surface area contributed by atoms with Gasteiger partial charge in [-0.2, -0.15) is 0 Å². The van der Waals surface area contributed by atoms with E-state index in [0.29, 0.717) is 11.7 Å². The van der Waals surface area contributed by atoms with Crippen LogP contribution >= 0.6 is 11.8 Å². The normalized spacial score (nSPS) is 17.5. The van der Waals surface area contributed by atoms with Crippen molar-refractivity contribution in [2.45, 2.75) is 30.6 Å². The Morgan fingerprint density at radius 3 is 3.05 bits per heavy atom. The van der Waals surface area contributed by atoms with Crippen LogP contribution in [-0.4, -0.2) is 44.6 Å². The van der Waals surface area contributed by atoms with Gasteiger partial charge in [-0.05, 0) is 35.4 Å². The predicted molar refractivity (Wildman–Crippen MR) is 82.6 cm³/mol. The SMILES string of the molecule is O=C(CSc1nnnn1CC1CCCO1)Nc1ccccc1. The number of carbonyl (C=O) groups is 1. The smallest absolute Gasteiger partial charge is 0.234 e. The first-order valence-electron chi connectivity index (χ1n) is 7.17. The number of anilines is 1. The summed E-state index contributed by atoms with van der Waals surface area (Å²) in [7, 11) is 0. The van der Waals surface area contributed by atoms with E-state index in [9.17, 15) is 4.79 Å². The number of aromatic nitrogens is 4. The Morgan fingerprint density at radius 2 is 2.27 bits per heavy atom. The largest absolute Gasteiger partial charge is 0.376 e. The van der Waals surface area contributed by atoms with Crippen molar-refractivity contribution in [3.63, 3.8) is 0 Å². The quantitative estimate of drug-likeness (QED) is 0.814. The molecule has 8 heteroatoms. The number of rotatable bonds is 6. The zero-order valence-electron chi connectivity index (χ0n) is 12.0. The van der Waals surface area contributed by atoms with Crippen molar-refractivity contribution in [1.29, 1.82) is 0 Å². The Hall–Kier alpha value is -1.93. The molecule has 1 aromatic carbocycles. The van der Waals surface area contributed by atoms with Crippen molar-refractivity contribution in [3.8, 4) is 0 Å². The van der Waals surface area contributed by atoms with E-state index in [4.69, 9.17) is 4.74 Å². The number of hydrogen-bond acceptors (Lipinski definition) is 6. The van der Waals surface area contributed by atoms with E-state index >= 15 is 0 Å². The van der Waals surface area contributed by atoms with Crippen LogP contribution in [0.3, 0.4) is 0 Å². The monoisotopic (exact) mass is 319 g/mol. The molecule has 1 unspecified atom stereocenters. The van der Waals surface area contributed by atoms with E-state index in [0.717, 1.165) is 25.1 Å². The second kappa shape index (κ2) is 7.37. The van der Waals surface area contributed by atoms with Crippen molar-refractivity contribution in [1.82, 2.24) is 20.2 Å². The second-order valence-electron chi connectivity index (χ2n) is 4.98. The zero-order valence-corrected chi connectivity index (χ0v) is 12.8. The molecular formula is C14H17N5O2S. The van der Waals surface area contributed by atoms with E-state index in [1.54, 1.807) is 4.68 Å². The van der Waals surface area contributed by atoms with Gasteiger partial charge < -0.3 is 10.1 Å². The molecule has 3 rings (SSSR count). The lowest BCUT2D eigenvalue weighted by atomic mass is 10.2. The van der Waals surface area contributed by atoms with Gasteiger partial charge in [-0.25, -0.2) is 4.68 Å². The Balaban J connectivity index is 1.51. The third-order valence-corrected chi connectivity index (χ3v) is 4.25. The average molecular weight is 319 g/mol. The molecule has 7 nitrogen and oxygen atoms in total. The summed E-state index contributed by atoms with van der Waals surface area (Å²) < 4.78 is 7.29. The number of hydrogen-bond donors (Lipinski definition) is 1. The molecule has 1 N–H and O–H groups in total. The molecule has 1 aliphatic heterocycles. The number of nitrogens with zero attached hydrogens (tertiary/aromatic N) is 4. The first kappa shape index (κ1) is 15.0. The van der Waals surface area contributed by atoms with Crippen molar-refractivity contribution in [2.24, 2.45) is 0 Å².